The predicted molar refractivity (Wildman–Crippen MR) is 143 cm³/mol. The smallest absolute Gasteiger partial charge is 0.0378 e. The summed E-state index contributed by atoms with van der Waals surface area (Å²) in [5, 5.41) is 6.95. The Bertz CT molecular complexity index is 815. The minimum absolute atomic E-state index is 0.303. The van der Waals surface area contributed by atoms with Crippen LogP contribution in [0.4, 0.5) is 11.4 Å². The van der Waals surface area contributed by atoms with E-state index in [2.05, 4.69) is 74.7 Å². The predicted octanol–water partition coefficient (Wildman–Crippen LogP) is 7.90. The summed E-state index contributed by atoms with van der Waals surface area (Å²) in [5.41, 5.74) is 8.98. The molecule has 32 heavy (non-hydrogen) atoms. The van der Waals surface area contributed by atoms with E-state index in [1.54, 1.807) is 0 Å². The molecule has 0 aliphatic carbocycles. The Morgan fingerprint density at radius 3 is 1.47 bits per heavy atom. The molecule has 0 unspecified atom stereocenters. The molecule has 0 spiro atoms. The van der Waals surface area contributed by atoms with E-state index in [1.807, 2.05) is 0 Å². The maximum Gasteiger partial charge on any atom is 0.0378 e. The van der Waals surface area contributed by atoms with Gasteiger partial charge in [-0.1, -0.05) is 52.0 Å². The van der Waals surface area contributed by atoms with Crippen LogP contribution >= 0.6 is 23.2 Å². The van der Waals surface area contributed by atoms with Crippen molar-refractivity contribution in [3.8, 4) is 0 Å². The molecule has 4 rings (SSSR count). The number of fused-ring (bicyclic) bond motifs is 2. The lowest BCUT2D eigenvalue weighted by molar-refractivity contribution is 0.481. The van der Waals surface area contributed by atoms with Crippen molar-refractivity contribution in [2.45, 2.75) is 77.0 Å². The summed E-state index contributed by atoms with van der Waals surface area (Å²) in [7, 11) is 0. The van der Waals surface area contributed by atoms with Gasteiger partial charge in [-0.05, 0) is 83.7 Å². The van der Waals surface area contributed by atoms with Crippen LogP contribution in [0.3, 0.4) is 0 Å². The number of aryl methyl sites for hydroxylation is 2. The SMILES string of the molecule is CC1(C)CCNc2ccc(CCCCl)cc21.CC1(C)CCNc2ccc(CCCCl)cc21. The quantitative estimate of drug-likeness (QED) is 0.415. The largest absolute Gasteiger partial charge is 0.385 e. The first-order valence-electron chi connectivity index (χ1n) is 12.1. The second-order valence-corrected chi connectivity index (χ2v) is 11.2. The van der Waals surface area contributed by atoms with E-state index >= 15 is 0 Å². The Hall–Kier alpha value is -1.38. The number of halogens is 2. The van der Waals surface area contributed by atoms with Gasteiger partial charge < -0.3 is 10.6 Å². The van der Waals surface area contributed by atoms with E-state index in [9.17, 15) is 0 Å². The topological polar surface area (TPSA) is 24.1 Å². The minimum atomic E-state index is 0.303. The van der Waals surface area contributed by atoms with Crippen molar-refractivity contribution in [3.63, 3.8) is 0 Å². The van der Waals surface area contributed by atoms with E-state index in [0.29, 0.717) is 10.8 Å². The average Bonchev–Trinajstić information content (AvgIpc) is 2.77. The summed E-state index contributed by atoms with van der Waals surface area (Å²) < 4.78 is 0. The molecule has 4 heteroatoms. The Morgan fingerprint density at radius 2 is 1.09 bits per heavy atom. The van der Waals surface area contributed by atoms with E-state index in [-0.39, 0.29) is 0 Å². The van der Waals surface area contributed by atoms with E-state index < -0.39 is 0 Å². The molecule has 0 atom stereocenters. The Balaban J connectivity index is 0.000000181. The zero-order chi connectivity index (χ0) is 23.2. The van der Waals surface area contributed by atoms with Gasteiger partial charge >= 0.3 is 0 Å². The normalized spacial score (nSPS) is 17.7. The van der Waals surface area contributed by atoms with Gasteiger partial charge in [0.25, 0.3) is 0 Å². The first-order valence-corrected chi connectivity index (χ1v) is 13.2. The van der Waals surface area contributed by atoms with Crippen molar-refractivity contribution in [2.75, 3.05) is 35.5 Å². The molecule has 0 bridgehead atoms. The van der Waals surface area contributed by atoms with E-state index in [1.165, 1.54) is 46.5 Å². The van der Waals surface area contributed by atoms with Crippen molar-refractivity contribution in [1.82, 2.24) is 0 Å². The molecule has 2 aliphatic heterocycles. The highest BCUT2D eigenvalue weighted by Crippen LogP contribution is 2.38. The number of hydrogen-bond donors (Lipinski definition) is 2. The van der Waals surface area contributed by atoms with E-state index in [0.717, 1.165) is 50.5 Å². The molecule has 2 aliphatic rings. The molecule has 2 N–H and O–H groups in total. The van der Waals surface area contributed by atoms with Crippen LogP contribution in [0.2, 0.25) is 0 Å². The highest BCUT2D eigenvalue weighted by molar-refractivity contribution is 6.18. The highest BCUT2D eigenvalue weighted by atomic mass is 35.5. The second-order valence-electron chi connectivity index (χ2n) is 10.5. The number of hydrogen-bond acceptors (Lipinski definition) is 2. The van der Waals surface area contributed by atoms with Crippen LogP contribution in [0.15, 0.2) is 36.4 Å². The first-order chi connectivity index (χ1) is 15.3. The Labute approximate surface area is 205 Å². The lowest BCUT2D eigenvalue weighted by Crippen LogP contribution is -2.28. The van der Waals surface area contributed by atoms with Crippen molar-refractivity contribution in [3.05, 3.63) is 58.7 Å². The fraction of sp³-hybridized carbons (Fsp3) is 0.571. The molecule has 0 fully saturated rings. The van der Waals surface area contributed by atoms with Gasteiger partial charge in [-0.3, -0.25) is 0 Å². The first kappa shape index (κ1) is 25.2. The van der Waals surface area contributed by atoms with Gasteiger partial charge in [0.1, 0.15) is 0 Å². The van der Waals surface area contributed by atoms with Crippen LogP contribution in [0.25, 0.3) is 0 Å². The zero-order valence-corrected chi connectivity index (χ0v) is 21.8. The maximum atomic E-state index is 5.74. The monoisotopic (exact) mass is 474 g/mol. The third kappa shape index (κ3) is 6.35. The summed E-state index contributed by atoms with van der Waals surface area (Å²) in [6.45, 7) is 11.5. The van der Waals surface area contributed by atoms with Crippen LogP contribution in [0, 0.1) is 0 Å². The van der Waals surface area contributed by atoms with Crippen LogP contribution < -0.4 is 10.6 Å². The summed E-state index contributed by atoms with van der Waals surface area (Å²) >= 11 is 11.5. The summed E-state index contributed by atoms with van der Waals surface area (Å²) in [6, 6.07) is 13.6. The molecule has 0 saturated heterocycles. The highest BCUT2D eigenvalue weighted by Gasteiger charge is 2.28. The van der Waals surface area contributed by atoms with Gasteiger partial charge in [0.15, 0.2) is 0 Å². The number of alkyl halides is 2. The van der Waals surface area contributed by atoms with Crippen molar-refractivity contribution >= 4 is 34.6 Å². The summed E-state index contributed by atoms with van der Waals surface area (Å²) in [5.74, 6) is 1.50. The molecule has 2 heterocycles. The van der Waals surface area contributed by atoms with Gasteiger partial charge in [0, 0.05) is 36.2 Å². The summed E-state index contributed by atoms with van der Waals surface area (Å²) in [6.07, 6.45) is 6.72. The fourth-order valence-electron chi connectivity index (χ4n) is 4.75. The van der Waals surface area contributed by atoms with Gasteiger partial charge in [0.05, 0.1) is 0 Å². The Morgan fingerprint density at radius 1 is 0.688 bits per heavy atom. The molecule has 0 amide bonds. The molecule has 0 radical (unpaired) electrons. The van der Waals surface area contributed by atoms with E-state index in [4.69, 9.17) is 23.2 Å². The van der Waals surface area contributed by atoms with Crippen LogP contribution in [0.5, 0.6) is 0 Å². The number of benzene rings is 2. The summed E-state index contributed by atoms with van der Waals surface area (Å²) in [4.78, 5) is 0. The maximum absolute atomic E-state index is 5.74. The van der Waals surface area contributed by atoms with Crippen LogP contribution in [-0.2, 0) is 23.7 Å². The molecule has 2 aromatic rings. The third-order valence-corrected chi connectivity index (χ3v) is 7.49. The lowest BCUT2D eigenvalue weighted by Gasteiger charge is -2.33. The molecular formula is C28H40Cl2N2. The van der Waals surface area contributed by atoms with Gasteiger partial charge in [-0.15, -0.1) is 23.2 Å². The average molecular weight is 476 g/mol. The molecule has 2 nitrogen and oxygen atoms in total. The minimum Gasteiger partial charge on any atom is -0.385 e. The molecule has 0 saturated carbocycles. The molecule has 0 aromatic heterocycles. The molecule has 2 aromatic carbocycles. The van der Waals surface area contributed by atoms with Crippen LogP contribution in [0.1, 0.15) is 75.6 Å². The molecule has 176 valence electrons. The van der Waals surface area contributed by atoms with Gasteiger partial charge in [-0.25, -0.2) is 0 Å². The van der Waals surface area contributed by atoms with Crippen LogP contribution in [-0.4, -0.2) is 24.8 Å². The Kier molecular flexibility index (Phi) is 8.81. The van der Waals surface area contributed by atoms with Gasteiger partial charge in [-0.2, -0.15) is 0 Å². The fourth-order valence-corrected chi connectivity index (χ4v) is 5.02. The number of anilines is 2. The van der Waals surface area contributed by atoms with Crippen molar-refractivity contribution in [1.29, 1.82) is 0 Å². The van der Waals surface area contributed by atoms with Gasteiger partial charge in [0.2, 0.25) is 0 Å². The lowest BCUT2D eigenvalue weighted by atomic mass is 9.77. The van der Waals surface area contributed by atoms with Crippen molar-refractivity contribution in [2.24, 2.45) is 0 Å². The number of rotatable bonds is 6. The molecular weight excluding hydrogens is 435 g/mol. The second kappa shape index (κ2) is 11.2. The number of nitrogens with one attached hydrogen (secondary N) is 2. The van der Waals surface area contributed by atoms with Crippen molar-refractivity contribution < 1.29 is 0 Å². The standard InChI is InChI=1S/2C14H20ClN/c2*1-14(2)7-9-16-13-6-5-11(4-3-8-15)10-12(13)14/h2*5-6,10,16H,3-4,7-9H2,1-2H3. The zero-order valence-electron chi connectivity index (χ0n) is 20.3. The third-order valence-electron chi connectivity index (χ3n) is 6.96.